The summed E-state index contributed by atoms with van der Waals surface area (Å²) in [5, 5.41) is 3.41. The Morgan fingerprint density at radius 3 is 2.58 bits per heavy atom. The van der Waals surface area contributed by atoms with E-state index in [1.54, 1.807) is 0 Å². The topological polar surface area (TPSA) is 38.3 Å². The van der Waals surface area contributed by atoms with Crippen molar-refractivity contribution in [3.05, 3.63) is 0 Å². The number of amides is 1. The zero-order valence-corrected chi connectivity index (χ0v) is 17.6. The number of nitrogens with one attached hydrogen (secondary N) is 1. The number of rotatable bonds is 3. The predicted molar refractivity (Wildman–Crippen MR) is 105 cm³/mol. The molecule has 7 atom stereocenters. The molecule has 1 heterocycles. The molecule has 1 aliphatic heterocycles. The Bertz CT molecular complexity index is 573. The predicted octanol–water partition coefficient (Wildman–Crippen LogP) is 4.94. The van der Waals surface area contributed by atoms with Crippen molar-refractivity contribution >= 4 is 5.91 Å². The van der Waals surface area contributed by atoms with Crippen LogP contribution in [0.15, 0.2) is 0 Å². The zero-order chi connectivity index (χ0) is 18.7. The minimum atomic E-state index is 0.116. The smallest absolute Gasteiger partial charge is 0.220 e. The van der Waals surface area contributed by atoms with Gasteiger partial charge in [-0.15, -0.1) is 0 Å². The molecule has 4 rings (SSSR count). The lowest BCUT2D eigenvalue weighted by Gasteiger charge is -2.67. The number of carbonyl (C=O) groups is 1. The van der Waals surface area contributed by atoms with Gasteiger partial charge in [0.15, 0.2) is 0 Å². The first kappa shape index (κ1) is 18.8. The highest BCUT2D eigenvalue weighted by Gasteiger charge is 2.66. The molecule has 2 unspecified atom stereocenters. The minimum Gasteiger partial charge on any atom is -0.376 e. The van der Waals surface area contributed by atoms with Gasteiger partial charge >= 0.3 is 0 Å². The van der Waals surface area contributed by atoms with E-state index in [1.165, 1.54) is 32.1 Å². The molecule has 4 fully saturated rings. The number of piperidine rings is 1. The Balaban J connectivity index is 1.77. The molecule has 0 aromatic carbocycles. The molecule has 1 saturated heterocycles. The quantitative estimate of drug-likeness (QED) is 0.773. The Hall–Kier alpha value is -0.570. The lowest BCUT2D eigenvalue weighted by atomic mass is 9.41. The van der Waals surface area contributed by atoms with Crippen molar-refractivity contribution in [3.63, 3.8) is 0 Å². The van der Waals surface area contributed by atoms with Crippen LogP contribution in [0.5, 0.6) is 0 Å². The second kappa shape index (κ2) is 6.22. The van der Waals surface area contributed by atoms with Gasteiger partial charge in [0.05, 0.1) is 12.1 Å². The van der Waals surface area contributed by atoms with Crippen LogP contribution in [0, 0.1) is 34.0 Å². The molecule has 4 aliphatic rings. The van der Waals surface area contributed by atoms with Crippen LogP contribution in [-0.4, -0.2) is 24.7 Å². The summed E-state index contributed by atoms with van der Waals surface area (Å²) >= 11 is 0. The van der Waals surface area contributed by atoms with E-state index in [-0.39, 0.29) is 28.9 Å². The van der Waals surface area contributed by atoms with Gasteiger partial charge in [0.1, 0.15) is 0 Å². The molecule has 0 aromatic rings. The maximum atomic E-state index is 12.3. The third-order valence-electron chi connectivity index (χ3n) is 9.21. The van der Waals surface area contributed by atoms with Crippen LogP contribution in [0.25, 0.3) is 0 Å². The Morgan fingerprint density at radius 1 is 1.08 bits per heavy atom. The van der Waals surface area contributed by atoms with Crippen molar-refractivity contribution in [1.29, 1.82) is 0 Å². The lowest BCUT2D eigenvalue weighted by molar-refractivity contribution is -0.215. The van der Waals surface area contributed by atoms with E-state index in [4.69, 9.17) is 4.74 Å². The third kappa shape index (κ3) is 2.52. The van der Waals surface area contributed by atoms with Gasteiger partial charge in [-0.25, -0.2) is 0 Å². The van der Waals surface area contributed by atoms with Crippen molar-refractivity contribution in [1.82, 2.24) is 5.32 Å². The third-order valence-corrected chi connectivity index (χ3v) is 9.21. The maximum absolute atomic E-state index is 12.3. The molecule has 1 amide bonds. The van der Waals surface area contributed by atoms with Crippen molar-refractivity contribution in [2.45, 2.75) is 98.1 Å². The van der Waals surface area contributed by atoms with Crippen LogP contribution in [0.2, 0.25) is 0 Å². The number of ether oxygens (including phenoxy) is 1. The molecule has 0 spiro atoms. The summed E-state index contributed by atoms with van der Waals surface area (Å²) in [5.74, 6) is 2.51. The molecule has 0 bridgehead atoms. The van der Waals surface area contributed by atoms with Crippen molar-refractivity contribution in [2.75, 3.05) is 6.61 Å². The number of hydrogen-bond donors (Lipinski definition) is 1. The van der Waals surface area contributed by atoms with E-state index in [0.717, 1.165) is 37.2 Å². The van der Waals surface area contributed by atoms with E-state index in [2.05, 4.69) is 39.9 Å². The molecule has 148 valence electrons. The summed E-state index contributed by atoms with van der Waals surface area (Å²) in [6.07, 6.45) is 9.84. The molecule has 3 aliphatic carbocycles. The Kier molecular flexibility index (Phi) is 4.49. The number of fused-ring (bicyclic) bond motifs is 5. The van der Waals surface area contributed by atoms with Gasteiger partial charge in [-0.1, -0.05) is 41.0 Å². The highest BCUT2D eigenvalue weighted by atomic mass is 16.5. The fourth-order valence-corrected chi connectivity index (χ4v) is 7.87. The summed E-state index contributed by atoms with van der Waals surface area (Å²) in [5.41, 5.74) is 0.844. The number of hydrogen-bond acceptors (Lipinski definition) is 2. The van der Waals surface area contributed by atoms with E-state index < -0.39 is 0 Å². The van der Waals surface area contributed by atoms with E-state index in [9.17, 15) is 4.79 Å². The molecule has 3 nitrogen and oxygen atoms in total. The standard InChI is InChI=1S/C23H39NO2/c1-6-14-26-20-19-23(5,13-10-17(25)24-19)16-9-12-22(4)11-7-8-15(22)18(16)21(20,2)3/h15-16,18-20H,6-14H2,1-5H3,(H,24,25)/t15-,16+,18-,19?,20?,22-,23+/m0/s1. The van der Waals surface area contributed by atoms with Gasteiger partial charge in [0, 0.05) is 13.0 Å². The van der Waals surface area contributed by atoms with Gasteiger partial charge in [0.25, 0.3) is 0 Å². The highest BCUT2D eigenvalue weighted by Crippen LogP contribution is 2.68. The van der Waals surface area contributed by atoms with Crippen molar-refractivity contribution in [3.8, 4) is 0 Å². The summed E-state index contributed by atoms with van der Waals surface area (Å²) < 4.78 is 6.55. The first-order valence-corrected chi connectivity index (χ1v) is 11.1. The molecule has 3 saturated carbocycles. The van der Waals surface area contributed by atoms with Gasteiger partial charge in [0.2, 0.25) is 5.91 Å². The van der Waals surface area contributed by atoms with Crippen molar-refractivity contribution in [2.24, 2.45) is 34.0 Å². The van der Waals surface area contributed by atoms with Crippen LogP contribution in [0.3, 0.4) is 0 Å². The maximum Gasteiger partial charge on any atom is 0.220 e. The van der Waals surface area contributed by atoms with Gasteiger partial charge < -0.3 is 10.1 Å². The zero-order valence-electron chi connectivity index (χ0n) is 17.6. The first-order chi connectivity index (χ1) is 12.2. The molecular formula is C23H39NO2. The SMILES string of the molecule is CCCOC1C2NC(=O)CC[C@]2(C)[C@@H]2CC[C@]3(C)CCC[C@H]3[C@@H]2C1(C)C. The lowest BCUT2D eigenvalue weighted by Crippen LogP contribution is -2.71. The molecule has 1 N–H and O–H groups in total. The second-order valence-corrected chi connectivity index (χ2v) is 11.0. The first-order valence-electron chi connectivity index (χ1n) is 11.1. The van der Waals surface area contributed by atoms with E-state index in [1.807, 2.05) is 0 Å². The summed E-state index contributed by atoms with van der Waals surface area (Å²) in [6.45, 7) is 12.9. The van der Waals surface area contributed by atoms with Crippen LogP contribution >= 0.6 is 0 Å². The second-order valence-electron chi connectivity index (χ2n) is 11.0. The van der Waals surface area contributed by atoms with Crippen LogP contribution in [0.4, 0.5) is 0 Å². The van der Waals surface area contributed by atoms with Gasteiger partial charge in [-0.3, -0.25) is 4.79 Å². The highest BCUT2D eigenvalue weighted by molar-refractivity contribution is 5.77. The van der Waals surface area contributed by atoms with Gasteiger partial charge in [-0.05, 0) is 72.5 Å². The normalized spacial score (nSPS) is 49.7. The van der Waals surface area contributed by atoms with Crippen LogP contribution in [0.1, 0.15) is 86.0 Å². The largest absolute Gasteiger partial charge is 0.376 e. The summed E-state index contributed by atoms with van der Waals surface area (Å²) in [6, 6.07) is 0.178. The van der Waals surface area contributed by atoms with E-state index >= 15 is 0 Å². The van der Waals surface area contributed by atoms with Crippen LogP contribution in [-0.2, 0) is 9.53 Å². The minimum absolute atomic E-state index is 0.116. The Morgan fingerprint density at radius 2 is 1.85 bits per heavy atom. The number of carbonyl (C=O) groups excluding carboxylic acids is 1. The molecule has 0 aromatic heterocycles. The van der Waals surface area contributed by atoms with Gasteiger partial charge in [-0.2, -0.15) is 0 Å². The summed E-state index contributed by atoms with van der Waals surface area (Å²) in [7, 11) is 0. The molecule has 3 heteroatoms. The fourth-order valence-electron chi connectivity index (χ4n) is 7.87. The Labute approximate surface area is 160 Å². The molecule has 26 heavy (non-hydrogen) atoms. The van der Waals surface area contributed by atoms with Crippen LogP contribution < -0.4 is 5.32 Å². The average Bonchev–Trinajstić information content (AvgIpc) is 2.97. The fraction of sp³-hybridized carbons (Fsp3) is 0.957. The average molecular weight is 362 g/mol. The van der Waals surface area contributed by atoms with E-state index in [0.29, 0.717) is 11.8 Å². The molecular weight excluding hydrogens is 322 g/mol. The monoisotopic (exact) mass is 361 g/mol. The molecule has 0 radical (unpaired) electrons. The van der Waals surface area contributed by atoms with Crippen molar-refractivity contribution < 1.29 is 9.53 Å². The summed E-state index contributed by atoms with van der Waals surface area (Å²) in [4.78, 5) is 12.3.